The summed E-state index contributed by atoms with van der Waals surface area (Å²) in [5.74, 6) is 0.911. The fraction of sp³-hybridized carbons (Fsp3) is 0.182. The van der Waals surface area contributed by atoms with E-state index in [1.807, 2.05) is 49.4 Å². The number of benzene rings is 3. The number of halogens is 1. The second-order valence-electron chi connectivity index (χ2n) is 6.05. The van der Waals surface area contributed by atoms with Gasteiger partial charge in [-0.3, -0.25) is 0 Å². The van der Waals surface area contributed by atoms with Crippen LogP contribution in [-0.2, 0) is 6.54 Å². The molecule has 134 valence electrons. The highest BCUT2D eigenvalue weighted by Gasteiger charge is 2.14. The first-order chi connectivity index (χ1) is 12.6. The van der Waals surface area contributed by atoms with Gasteiger partial charge in [0.1, 0.15) is 17.3 Å². The second-order valence-corrected chi connectivity index (χ2v) is 6.05. The van der Waals surface area contributed by atoms with Gasteiger partial charge >= 0.3 is 0 Å². The normalized spacial score (nSPS) is 10.7. The summed E-state index contributed by atoms with van der Waals surface area (Å²) in [6, 6.07) is 17.3. The molecule has 3 aromatic carbocycles. The molecule has 0 amide bonds. The van der Waals surface area contributed by atoms with Gasteiger partial charge in [0.25, 0.3) is 0 Å². The van der Waals surface area contributed by atoms with Crippen LogP contribution in [-0.4, -0.2) is 14.2 Å². The van der Waals surface area contributed by atoms with Crippen LogP contribution < -0.4 is 15.2 Å². The summed E-state index contributed by atoms with van der Waals surface area (Å²) in [7, 11) is 3.17. The Hall–Kier alpha value is -2.85. The lowest BCUT2D eigenvalue weighted by Crippen LogP contribution is -2.03. The predicted octanol–water partition coefficient (Wildman–Crippen LogP) is 4.94. The van der Waals surface area contributed by atoms with Crippen molar-refractivity contribution in [2.75, 3.05) is 14.2 Å². The van der Waals surface area contributed by atoms with Crippen LogP contribution in [0.4, 0.5) is 4.39 Å². The minimum atomic E-state index is -0.354. The van der Waals surface area contributed by atoms with E-state index >= 15 is 0 Å². The van der Waals surface area contributed by atoms with Gasteiger partial charge < -0.3 is 15.2 Å². The van der Waals surface area contributed by atoms with Gasteiger partial charge in [-0.15, -0.1) is 0 Å². The third-order valence-electron chi connectivity index (χ3n) is 4.60. The monoisotopic (exact) mass is 351 g/mol. The molecule has 0 unspecified atom stereocenters. The molecule has 0 radical (unpaired) electrons. The zero-order chi connectivity index (χ0) is 18.7. The molecule has 0 saturated carbocycles. The molecule has 0 aliphatic carbocycles. The fourth-order valence-electron chi connectivity index (χ4n) is 3.20. The molecular formula is C22H22FNO2. The van der Waals surface area contributed by atoms with E-state index in [4.69, 9.17) is 15.2 Å². The summed E-state index contributed by atoms with van der Waals surface area (Å²) in [5, 5.41) is 0. The Morgan fingerprint density at radius 2 is 1.58 bits per heavy atom. The van der Waals surface area contributed by atoms with Crippen LogP contribution in [0.5, 0.6) is 11.5 Å². The Bertz CT molecular complexity index is 937. The van der Waals surface area contributed by atoms with E-state index in [1.165, 1.54) is 13.2 Å². The summed E-state index contributed by atoms with van der Waals surface area (Å²) in [6.07, 6.45) is 0. The topological polar surface area (TPSA) is 44.5 Å². The van der Waals surface area contributed by atoms with Crippen molar-refractivity contribution in [3.05, 3.63) is 71.5 Å². The van der Waals surface area contributed by atoms with E-state index in [0.717, 1.165) is 33.6 Å². The van der Waals surface area contributed by atoms with Crippen molar-refractivity contribution in [1.29, 1.82) is 0 Å². The average Bonchev–Trinajstić information content (AvgIpc) is 2.67. The summed E-state index contributed by atoms with van der Waals surface area (Å²) in [5.41, 5.74) is 10.9. The molecule has 3 nitrogen and oxygen atoms in total. The van der Waals surface area contributed by atoms with Crippen LogP contribution in [0.1, 0.15) is 11.1 Å². The molecule has 0 saturated heterocycles. The third kappa shape index (κ3) is 3.28. The van der Waals surface area contributed by atoms with Crippen LogP contribution in [0.15, 0.2) is 54.6 Å². The number of rotatable bonds is 5. The summed E-state index contributed by atoms with van der Waals surface area (Å²) < 4.78 is 25.1. The van der Waals surface area contributed by atoms with Crippen LogP contribution >= 0.6 is 0 Å². The second kappa shape index (κ2) is 7.58. The summed E-state index contributed by atoms with van der Waals surface area (Å²) >= 11 is 0. The molecular weight excluding hydrogens is 329 g/mol. The molecule has 3 aromatic rings. The highest BCUT2D eigenvalue weighted by molar-refractivity contribution is 5.79. The highest BCUT2D eigenvalue weighted by Crippen LogP contribution is 2.36. The first-order valence-electron chi connectivity index (χ1n) is 8.40. The Balaban J connectivity index is 2.14. The predicted molar refractivity (Wildman–Crippen MR) is 103 cm³/mol. The number of ether oxygens (including phenoxy) is 2. The number of hydrogen-bond donors (Lipinski definition) is 1. The van der Waals surface area contributed by atoms with Gasteiger partial charge in [0.05, 0.1) is 14.2 Å². The van der Waals surface area contributed by atoms with Crippen LogP contribution in [0, 0.1) is 12.7 Å². The van der Waals surface area contributed by atoms with Crippen molar-refractivity contribution in [3.63, 3.8) is 0 Å². The maximum Gasteiger partial charge on any atom is 0.132 e. The standard InChI is InChI=1S/C22H22FNO2/c1-14-18(15-6-4-7-17(10-15)25-2)8-5-9-19(14)16-11-21(23)20(13-24)22(12-16)26-3/h4-12H,13,24H2,1-3H3. The Labute approximate surface area is 153 Å². The van der Waals surface area contributed by atoms with Crippen molar-refractivity contribution < 1.29 is 13.9 Å². The average molecular weight is 351 g/mol. The number of nitrogens with two attached hydrogens (primary N) is 1. The molecule has 3 rings (SSSR count). The van der Waals surface area contributed by atoms with Crippen molar-refractivity contribution in [1.82, 2.24) is 0 Å². The minimum absolute atomic E-state index is 0.0954. The molecule has 0 atom stereocenters. The van der Waals surface area contributed by atoms with Gasteiger partial charge in [-0.2, -0.15) is 0 Å². The molecule has 0 bridgehead atoms. The van der Waals surface area contributed by atoms with Crippen LogP contribution in [0.3, 0.4) is 0 Å². The Morgan fingerprint density at radius 3 is 2.23 bits per heavy atom. The minimum Gasteiger partial charge on any atom is -0.497 e. The van der Waals surface area contributed by atoms with E-state index in [1.54, 1.807) is 7.11 Å². The first kappa shape index (κ1) is 18.0. The molecule has 26 heavy (non-hydrogen) atoms. The van der Waals surface area contributed by atoms with Gasteiger partial charge in [-0.05, 0) is 59.0 Å². The first-order valence-corrected chi connectivity index (χ1v) is 8.40. The van der Waals surface area contributed by atoms with Crippen LogP contribution in [0.2, 0.25) is 0 Å². The molecule has 0 aromatic heterocycles. The van der Waals surface area contributed by atoms with Gasteiger partial charge in [0.15, 0.2) is 0 Å². The highest BCUT2D eigenvalue weighted by atomic mass is 19.1. The van der Waals surface area contributed by atoms with Gasteiger partial charge in [-0.25, -0.2) is 4.39 Å². The Morgan fingerprint density at radius 1 is 0.885 bits per heavy atom. The summed E-state index contributed by atoms with van der Waals surface area (Å²) in [6.45, 7) is 2.13. The molecule has 0 aliphatic rings. The van der Waals surface area contributed by atoms with Crippen molar-refractivity contribution in [3.8, 4) is 33.8 Å². The SMILES string of the molecule is COc1cccc(-c2cccc(-c3cc(F)c(CN)c(OC)c3)c2C)c1. The number of hydrogen-bond acceptors (Lipinski definition) is 3. The molecule has 0 fully saturated rings. The fourth-order valence-corrected chi connectivity index (χ4v) is 3.20. The van der Waals surface area contributed by atoms with Crippen molar-refractivity contribution in [2.45, 2.75) is 13.5 Å². The van der Waals surface area contributed by atoms with Gasteiger partial charge in [0, 0.05) is 12.1 Å². The van der Waals surface area contributed by atoms with Crippen molar-refractivity contribution >= 4 is 0 Å². The molecule has 4 heteroatoms. The van der Waals surface area contributed by atoms with E-state index in [9.17, 15) is 4.39 Å². The lowest BCUT2D eigenvalue weighted by molar-refractivity contribution is 0.405. The Kier molecular flexibility index (Phi) is 5.24. The zero-order valence-electron chi connectivity index (χ0n) is 15.2. The smallest absolute Gasteiger partial charge is 0.132 e. The van der Waals surface area contributed by atoms with E-state index < -0.39 is 0 Å². The van der Waals surface area contributed by atoms with Gasteiger partial charge in [-0.1, -0.05) is 30.3 Å². The quantitative estimate of drug-likeness (QED) is 0.708. The van der Waals surface area contributed by atoms with E-state index in [0.29, 0.717) is 11.3 Å². The molecule has 0 spiro atoms. The van der Waals surface area contributed by atoms with E-state index in [-0.39, 0.29) is 12.4 Å². The largest absolute Gasteiger partial charge is 0.497 e. The van der Waals surface area contributed by atoms with E-state index in [2.05, 4.69) is 6.07 Å². The lowest BCUT2D eigenvalue weighted by Gasteiger charge is -2.15. The molecule has 0 heterocycles. The maximum absolute atomic E-state index is 14.5. The number of methoxy groups -OCH3 is 2. The van der Waals surface area contributed by atoms with Crippen LogP contribution in [0.25, 0.3) is 22.3 Å². The van der Waals surface area contributed by atoms with Gasteiger partial charge in [0.2, 0.25) is 0 Å². The van der Waals surface area contributed by atoms with Crippen molar-refractivity contribution in [2.24, 2.45) is 5.73 Å². The molecule has 2 N–H and O–H groups in total. The maximum atomic E-state index is 14.5. The molecule has 0 aliphatic heterocycles. The zero-order valence-corrected chi connectivity index (χ0v) is 15.2. The summed E-state index contributed by atoms with van der Waals surface area (Å²) in [4.78, 5) is 0. The third-order valence-corrected chi connectivity index (χ3v) is 4.60. The lowest BCUT2D eigenvalue weighted by atomic mass is 9.92.